The summed E-state index contributed by atoms with van der Waals surface area (Å²) < 4.78 is 0. The predicted molar refractivity (Wildman–Crippen MR) is 77.6 cm³/mol. The Labute approximate surface area is 122 Å². The van der Waals surface area contributed by atoms with Gasteiger partial charge in [0.05, 0.1) is 0 Å². The van der Waals surface area contributed by atoms with E-state index < -0.39 is 0 Å². The fourth-order valence-electron chi connectivity index (χ4n) is 1.50. The third kappa shape index (κ3) is 4.09. The molecule has 1 rings (SSSR count). The quantitative estimate of drug-likeness (QED) is 0.822. The van der Waals surface area contributed by atoms with Gasteiger partial charge in [0, 0.05) is 17.8 Å². The van der Waals surface area contributed by atoms with Crippen molar-refractivity contribution in [1.29, 1.82) is 15.8 Å². The lowest BCUT2D eigenvalue weighted by Crippen LogP contribution is -2.11. The molecular formula is C15H13N5O. The van der Waals surface area contributed by atoms with Crippen LogP contribution in [0, 0.1) is 40.9 Å². The molecule has 1 aromatic rings. The van der Waals surface area contributed by atoms with Gasteiger partial charge in [-0.1, -0.05) is 13.0 Å². The topological polar surface area (TPSA) is 112 Å². The first-order valence-electron chi connectivity index (χ1n) is 6.17. The molecule has 0 heterocycles. The van der Waals surface area contributed by atoms with E-state index in [-0.39, 0.29) is 17.2 Å². The van der Waals surface area contributed by atoms with Crippen LogP contribution in [0.25, 0.3) is 0 Å². The molecule has 0 bridgehead atoms. The maximum Gasteiger partial charge on any atom is 0.224 e. The summed E-state index contributed by atoms with van der Waals surface area (Å²) in [5.41, 5.74) is 1.56. The molecule has 0 aliphatic heterocycles. The monoisotopic (exact) mass is 279 g/mol. The third-order valence-electron chi connectivity index (χ3n) is 2.69. The molecule has 1 amide bonds. The molecule has 104 valence electrons. The van der Waals surface area contributed by atoms with Crippen molar-refractivity contribution in [3.8, 4) is 18.2 Å². The van der Waals surface area contributed by atoms with Crippen LogP contribution in [0.5, 0.6) is 0 Å². The van der Waals surface area contributed by atoms with Crippen LogP contribution in [-0.4, -0.2) is 5.91 Å². The van der Waals surface area contributed by atoms with Crippen LogP contribution in [0.3, 0.4) is 0 Å². The first-order chi connectivity index (χ1) is 10.0. The number of nitrogens with zero attached hydrogens (tertiary/aromatic N) is 3. The standard InChI is InChI=1S/C15H13N5O/c1-3-15(21)20-13-6-12(5-4-10(13)2)19-14(9-18)11(7-16)8-17/h4-6,19H,3H2,1-2H3,(H,20,21). The van der Waals surface area contributed by atoms with Crippen LogP contribution in [0.2, 0.25) is 0 Å². The van der Waals surface area contributed by atoms with Gasteiger partial charge in [0.25, 0.3) is 0 Å². The maximum atomic E-state index is 11.4. The lowest BCUT2D eigenvalue weighted by Gasteiger charge is -2.11. The number of carbonyl (C=O) groups is 1. The van der Waals surface area contributed by atoms with Crippen molar-refractivity contribution in [2.75, 3.05) is 10.6 Å². The number of rotatable bonds is 4. The molecule has 0 aliphatic rings. The highest BCUT2D eigenvalue weighted by atomic mass is 16.1. The van der Waals surface area contributed by atoms with E-state index in [1.807, 2.05) is 6.92 Å². The van der Waals surface area contributed by atoms with E-state index in [1.54, 1.807) is 43.3 Å². The largest absolute Gasteiger partial charge is 0.345 e. The molecule has 0 saturated heterocycles. The molecule has 0 saturated carbocycles. The van der Waals surface area contributed by atoms with E-state index in [2.05, 4.69) is 10.6 Å². The molecule has 0 radical (unpaired) electrons. The number of hydrogen-bond donors (Lipinski definition) is 2. The third-order valence-corrected chi connectivity index (χ3v) is 2.69. The van der Waals surface area contributed by atoms with E-state index in [9.17, 15) is 4.79 Å². The highest BCUT2D eigenvalue weighted by Gasteiger charge is 2.08. The van der Waals surface area contributed by atoms with Crippen LogP contribution in [0.1, 0.15) is 18.9 Å². The van der Waals surface area contributed by atoms with Crippen molar-refractivity contribution in [3.63, 3.8) is 0 Å². The number of carbonyl (C=O) groups excluding carboxylic acids is 1. The van der Waals surface area contributed by atoms with Crippen LogP contribution < -0.4 is 10.6 Å². The van der Waals surface area contributed by atoms with Gasteiger partial charge >= 0.3 is 0 Å². The second-order valence-electron chi connectivity index (χ2n) is 4.14. The first kappa shape index (κ1) is 15.8. The van der Waals surface area contributed by atoms with Gasteiger partial charge in [-0.3, -0.25) is 4.79 Å². The number of anilines is 2. The van der Waals surface area contributed by atoms with Crippen LogP contribution >= 0.6 is 0 Å². The Morgan fingerprint density at radius 1 is 1.14 bits per heavy atom. The molecule has 1 aromatic carbocycles. The molecule has 6 heteroatoms. The van der Waals surface area contributed by atoms with Gasteiger partial charge < -0.3 is 10.6 Å². The zero-order valence-electron chi connectivity index (χ0n) is 11.7. The molecular weight excluding hydrogens is 266 g/mol. The Balaban J connectivity index is 3.12. The molecule has 0 fully saturated rings. The first-order valence-corrected chi connectivity index (χ1v) is 6.17. The zero-order valence-corrected chi connectivity index (χ0v) is 11.7. The summed E-state index contributed by atoms with van der Waals surface area (Å²) in [6.45, 7) is 3.58. The maximum absolute atomic E-state index is 11.4. The van der Waals surface area contributed by atoms with Crippen LogP contribution in [0.15, 0.2) is 29.5 Å². The summed E-state index contributed by atoms with van der Waals surface area (Å²) in [5.74, 6) is -0.124. The smallest absolute Gasteiger partial charge is 0.224 e. The van der Waals surface area contributed by atoms with Crippen molar-refractivity contribution in [1.82, 2.24) is 0 Å². The average Bonchev–Trinajstić information content (AvgIpc) is 2.50. The lowest BCUT2D eigenvalue weighted by molar-refractivity contribution is -0.115. The Kier molecular flexibility index (Phi) is 5.50. The van der Waals surface area contributed by atoms with E-state index in [0.29, 0.717) is 17.8 Å². The molecule has 21 heavy (non-hydrogen) atoms. The minimum Gasteiger partial charge on any atom is -0.345 e. The van der Waals surface area contributed by atoms with Gasteiger partial charge in [-0.15, -0.1) is 0 Å². The minimum absolute atomic E-state index is 0.124. The Morgan fingerprint density at radius 3 is 2.33 bits per heavy atom. The normalized spacial score (nSPS) is 8.71. The number of allylic oxidation sites excluding steroid dienone is 2. The Bertz CT molecular complexity index is 697. The molecule has 0 aliphatic carbocycles. The van der Waals surface area contributed by atoms with E-state index in [4.69, 9.17) is 15.8 Å². The van der Waals surface area contributed by atoms with E-state index >= 15 is 0 Å². The van der Waals surface area contributed by atoms with Crippen molar-refractivity contribution < 1.29 is 4.79 Å². The number of aryl methyl sites for hydroxylation is 1. The van der Waals surface area contributed by atoms with Crippen molar-refractivity contribution >= 4 is 17.3 Å². The predicted octanol–water partition coefficient (Wildman–Crippen LogP) is 2.58. The molecule has 0 unspecified atom stereocenters. The number of amides is 1. The van der Waals surface area contributed by atoms with Gasteiger partial charge in [-0.05, 0) is 24.6 Å². The lowest BCUT2D eigenvalue weighted by atomic mass is 10.1. The van der Waals surface area contributed by atoms with Gasteiger partial charge in [0.2, 0.25) is 5.91 Å². The molecule has 0 atom stereocenters. The summed E-state index contributed by atoms with van der Waals surface area (Å²) in [5, 5.41) is 32.0. The van der Waals surface area contributed by atoms with Crippen molar-refractivity contribution in [2.24, 2.45) is 0 Å². The van der Waals surface area contributed by atoms with Crippen LogP contribution in [-0.2, 0) is 4.79 Å². The zero-order chi connectivity index (χ0) is 15.8. The van der Waals surface area contributed by atoms with Gasteiger partial charge in [0.15, 0.2) is 5.57 Å². The highest BCUT2D eigenvalue weighted by Crippen LogP contribution is 2.22. The Hall–Kier alpha value is -3.30. The van der Waals surface area contributed by atoms with Gasteiger partial charge in [-0.25, -0.2) is 0 Å². The molecule has 6 nitrogen and oxygen atoms in total. The van der Waals surface area contributed by atoms with Crippen molar-refractivity contribution in [2.45, 2.75) is 20.3 Å². The van der Waals surface area contributed by atoms with E-state index in [0.717, 1.165) is 5.56 Å². The van der Waals surface area contributed by atoms with Gasteiger partial charge in [-0.2, -0.15) is 15.8 Å². The van der Waals surface area contributed by atoms with Gasteiger partial charge in [0.1, 0.15) is 23.9 Å². The minimum atomic E-state index is -0.294. The number of nitriles is 3. The molecule has 0 spiro atoms. The Morgan fingerprint density at radius 2 is 1.81 bits per heavy atom. The summed E-state index contributed by atoms with van der Waals surface area (Å²) in [4.78, 5) is 11.4. The summed E-state index contributed by atoms with van der Waals surface area (Å²) >= 11 is 0. The summed E-state index contributed by atoms with van der Waals surface area (Å²) in [6.07, 6.45) is 0.355. The molecule has 0 aromatic heterocycles. The summed E-state index contributed by atoms with van der Waals surface area (Å²) in [6, 6.07) is 10.2. The second kappa shape index (κ2) is 7.33. The fraction of sp³-hybridized carbons (Fsp3) is 0.200. The number of hydrogen-bond acceptors (Lipinski definition) is 5. The van der Waals surface area contributed by atoms with Crippen LogP contribution in [0.4, 0.5) is 11.4 Å². The average molecular weight is 279 g/mol. The van der Waals surface area contributed by atoms with E-state index in [1.165, 1.54) is 0 Å². The SMILES string of the molecule is CCC(=O)Nc1cc(NC(C#N)=C(C#N)C#N)ccc1C. The number of nitrogens with one attached hydrogen (secondary N) is 2. The second-order valence-corrected chi connectivity index (χ2v) is 4.14. The summed E-state index contributed by atoms with van der Waals surface area (Å²) in [7, 11) is 0. The fourth-order valence-corrected chi connectivity index (χ4v) is 1.50. The molecule has 2 N–H and O–H groups in total. The number of benzene rings is 1. The highest BCUT2D eigenvalue weighted by molar-refractivity contribution is 5.92. The van der Waals surface area contributed by atoms with Crippen molar-refractivity contribution in [3.05, 3.63) is 35.0 Å².